The molecule has 1 heterocycles. The van der Waals surface area contributed by atoms with Crippen molar-refractivity contribution < 1.29 is 24.5 Å². The number of carbonyl (C=O) groups excluding carboxylic acids is 2. The molecule has 2 aromatic rings. The van der Waals surface area contributed by atoms with Crippen LogP contribution in [0.5, 0.6) is 11.5 Å². The molecule has 28 heavy (non-hydrogen) atoms. The monoisotopic (exact) mass is 401 g/mol. The van der Waals surface area contributed by atoms with Gasteiger partial charge in [-0.2, -0.15) is 5.26 Å². The first kappa shape index (κ1) is 20.7. The predicted octanol–water partition coefficient (Wildman–Crippen LogP) is 2.93. The van der Waals surface area contributed by atoms with Gasteiger partial charge in [0.2, 0.25) is 5.91 Å². The van der Waals surface area contributed by atoms with E-state index in [9.17, 15) is 19.8 Å². The zero-order valence-corrected chi connectivity index (χ0v) is 15.5. The Kier molecular flexibility index (Phi) is 6.96. The molecule has 0 bridgehead atoms. The summed E-state index contributed by atoms with van der Waals surface area (Å²) < 4.78 is 4.63. The van der Waals surface area contributed by atoms with Crippen LogP contribution in [0, 0.1) is 11.3 Å². The number of aromatic hydroxyl groups is 2. The number of hydrogen-bond donors (Lipinski definition) is 3. The molecule has 0 unspecified atom stereocenters. The fourth-order valence-corrected chi connectivity index (χ4v) is 2.63. The number of carbonyl (C=O) groups is 2. The first-order valence-corrected chi connectivity index (χ1v) is 8.40. The molecule has 0 fully saturated rings. The molecule has 3 N–H and O–H groups in total. The molecule has 144 valence electrons. The third kappa shape index (κ3) is 4.99. The molecule has 0 aliphatic rings. The lowest BCUT2D eigenvalue weighted by molar-refractivity contribution is -0.111. The zero-order chi connectivity index (χ0) is 20.7. The summed E-state index contributed by atoms with van der Waals surface area (Å²) in [4.78, 5) is 27.6. The number of phenolic OH excluding ortho intramolecular Hbond substituents is 2. The van der Waals surface area contributed by atoms with Crippen LogP contribution in [0.4, 0.5) is 5.69 Å². The van der Waals surface area contributed by atoms with Crippen molar-refractivity contribution in [2.75, 3.05) is 12.4 Å². The van der Waals surface area contributed by atoms with E-state index in [1.807, 2.05) is 6.07 Å². The van der Waals surface area contributed by atoms with Crippen LogP contribution in [0.1, 0.15) is 28.0 Å². The third-order valence-electron chi connectivity index (χ3n) is 3.69. The van der Waals surface area contributed by atoms with Gasteiger partial charge < -0.3 is 20.3 Å². The molecule has 0 aliphatic heterocycles. The summed E-state index contributed by atoms with van der Waals surface area (Å²) >= 11 is 6.04. The van der Waals surface area contributed by atoms with Crippen LogP contribution in [-0.2, 0) is 16.0 Å². The number of benzene rings is 1. The molecule has 1 aromatic carbocycles. The van der Waals surface area contributed by atoms with Crippen molar-refractivity contribution in [2.24, 2.45) is 0 Å². The number of nitriles is 1. The van der Waals surface area contributed by atoms with Crippen LogP contribution in [0.15, 0.2) is 36.5 Å². The molecule has 0 atom stereocenters. The van der Waals surface area contributed by atoms with E-state index in [4.69, 9.17) is 16.9 Å². The number of nitrogens with one attached hydrogen (secondary N) is 1. The summed E-state index contributed by atoms with van der Waals surface area (Å²) in [7, 11) is 1.16. The van der Waals surface area contributed by atoms with Gasteiger partial charge in [0.1, 0.15) is 28.8 Å². The summed E-state index contributed by atoms with van der Waals surface area (Å²) in [5.74, 6) is -2.01. The number of aromatic nitrogens is 1. The molecule has 0 saturated heterocycles. The van der Waals surface area contributed by atoms with Gasteiger partial charge in [-0.25, -0.2) is 9.78 Å². The number of methoxy groups -OCH3 is 1. The van der Waals surface area contributed by atoms with E-state index in [1.165, 1.54) is 18.3 Å². The Bertz CT molecular complexity index is 965. The molecular formula is C19H16ClN3O5. The van der Waals surface area contributed by atoms with Gasteiger partial charge in [0.05, 0.1) is 24.0 Å². The highest BCUT2D eigenvalue weighted by Crippen LogP contribution is 2.37. The van der Waals surface area contributed by atoms with Gasteiger partial charge in [-0.3, -0.25) is 4.79 Å². The van der Waals surface area contributed by atoms with Gasteiger partial charge in [-0.1, -0.05) is 17.7 Å². The minimum absolute atomic E-state index is 0.0697. The topological polar surface area (TPSA) is 133 Å². The van der Waals surface area contributed by atoms with Gasteiger partial charge in [0.15, 0.2) is 0 Å². The summed E-state index contributed by atoms with van der Waals surface area (Å²) in [5, 5.41) is 30.9. The van der Waals surface area contributed by atoms with E-state index in [0.717, 1.165) is 13.2 Å². The van der Waals surface area contributed by atoms with Crippen molar-refractivity contribution in [1.29, 1.82) is 5.26 Å². The van der Waals surface area contributed by atoms with Crippen molar-refractivity contribution in [3.8, 4) is 17.6 Å². The van der Waals surface area contributed by atoms with E-state index < -0.39 is 17.6 Å². The fraction of sp³-hybridized carbons (Fsp3) is 0.158. The minimum atomic E-state index is -0.788. The summed E-state index contributed by atoms with van der Waals surface area (Å²) in [5.41, 5.74) is 0.753. The highest BCUT2D eigenvalue weighted by molar-refractivity contribution is 6.33. The number of ether oxygens (including phenoxy) is 1. The molecule has 0 aliphatic carbocycles. The van der Waals surface area contributed by atoms with Crippen molar-refractivity contribution in [2.45, 2.75) is 12.8 Å². The Morgan fingerprint density at radius 2 is 2.11 bits per heavy atom. The Hall–Kier alpha value is -3.57. The minimum Gasteiger partial charge on any atom is -0.507 e. The Morgan fingerprint density at radius 3 is 2.71 bits per heavy atom. The van der Waals surface area contributed by atoms with Crippen LogP contribution in [0.2, 0.25) is 5.02 Å². The van der Waals surface area contributed by atoms with Gasteiger partial charge in [0.25, 0.3) is 0 Å². The van der Waals surface area contributed by atoms with Crippen molar-refractivity contribution >= 4 is 29.2 Å². The molecule has 1 amide bonds. The number of esters is 1. The molecular weight excluding hydrogens is 386 g/mol. The Labute approximate surface area is 165 Å². The lowest BCUT2D eigenvalue weighted by atomic mass is 10.0. The number of rotatable bonds is 6. The molecule has 2 rings (SSSR count). The van der Waals surface area contributed by atoms with Gasteiger partial charge in [0, 0.05) is 6.07 Å². The average Bonchev–Trinajstić information content (AvgIpc) is 2.68. The highest BCUT2D eigenvalue weighted by Gasteiger charge is 2.22. The maximum Gasteiger partial charge on any atom is 0.341 e. The molecule has 0 spiro atoms. The number of phenols is 2. The van der Waals surface area contributed by atoms with Gasteiger partial charge in [-0.15, -0.1) is 0 Å². The highest BCUT2D eigenvalue weighted by atomic mass is 35.5. The second-order valence-electron chi connectivity index (χ2n) is 5.55. The first-order chi connectivity index (χ1) is 13.4. The lowest BCUT2D eigenvalue weighted by Crippen LogP contribution is -2.08. The maximum absolute atomic E-state index is 11.9. The number of amides is 1. The van der Waals surface area contributed by atoms with E-state index >= 15 is 0 Å². The number of halogens is 1. The number of hydrogen-bond acceptors (Lipinski definition) is 7. The largest absolute Gasteiger partial charge is 0.507 e. The number of allylic oxidation sites excluding steroid dienone is 1. The quantitative estimate of drug-likeness (QED) is 0.500. The molecule has 0 radical (unpaired) electrons. The van der Waals surface area contributed by atoms with E-state index in [0.29, 0.717) is 12.1 Å². The van der Waals surface area contributed by atoms with Gasteiger partial charge in [-0.05, 0) is 36.6 Å². The first-order valence-electron chi connectivity index (χ1n) is 8.02. The smallest absolute Gasteiger partial charge is 0.341 e. The van der Waals surface area contributed by atoms with Crippen LogP contribution in [0.25, 0.3) is 0 Å². The molecule has 0 saturated carbocycles. The summed E-state index contributed by atoms with van der Waals surface area (Å²) in [6.45, 7) is 0. The van der Waals surface area contributed by atoms with Gasteiger partial charge >= 0.3 is 5.97 Å². The number of nitrogens with zero attached hydrogens (tertiary/aromatic N) is 2. The van der Waals surface area contributed by atoms with Crippen LogP contribution >= 0.6 is 11.6 Å². The third-order valence-corrected chi connectivity index (χ3v) is 4.11. The van der Waals surface area contributed by atoms with E-state index in [-0.39, 0.29) is 34.0 Å². The zero-order valence-electron chi connectivity index (χ0n) is 14.8. The number of anilines is 1. The molecule has 1 aromatic heterocycles. The van der Waals surface area contributed by atoms with Crippen molar-refractivity contribution in [3.63, 3.8) is 0 Å². The van der Waals surface area contributed by atoms with Crippen LogP contribution < -0.4 is 5.32 Å². The van der Waals surface area contributed by atoms with Crippen molar-refractivity contribution in [1.82, 2.24) is 4.98 Å². The lowest BCUT2D eigenvalue weighted by Gasteiger charge is -2.12. The number of pyridine rings is 1. The Balaban J connectivity index is 2.05. The predicted molar refractivity (Wildman–Crippen MR) is 101 cm³/mol. The summed E-state index contributed by atoms with van der Waals surface area (Å²) in [6, 6.07) is 5.87. The Morgan fingerprint density at radius 1 is 1.36 bits per heavy atom. The van der Waals surface area contributed by atoms with Crippen molar-refractivity contribution in [3.05, 3.63) is 58.4 Å². The maximum atomic E-state index is 11.9. The normalized spacial score (nSPS) is 10.5. The summed E-state index contributed by atoms with van der Waals surface area (Å²) in [6.07, 6.45) is 4.67. The second kappa shape index (κ2) is 9.39. The average molecular weight is 402 g/mol. The van der Waals surface area contributed by atoms with E-state index in [1.54, 1.807) is 12.1 Å². The standard InChI is InChI=1S/C19H16ClN3O5/c1-28-19(27)17-13(18(20)15(25)8-14(17)24)4-2-3-5-16(26)23-12-7-6-11(9-21)22-10-12/h3,5-8,10,24-25H,2,4H2,1H3,(H,23,26)/b5-3-. The van der Waals surface area contributed by atoms with E-state index in [2.05, 4.69) is 15.0 Å². The SMILES string of the molecule is COC(=O)c1c(O)cc(O)c(Cl)c1CC/C=C\C(=O)Nc1ccc(C#N)nc1. The molecule has 9 heteroatoms. The molecule has 8 nitrogen and oxygen atoms in total. The fourth-order valence-electron chi connectivity index (χ4n) is 2.38. The van der Waals surface area contributed by atoms with Crippen LogP contribution in [-0.4, -0.2) is 34.2 Å². The van der Waals surface area contributed by atoms with Crippen LogP contribution in [0.3, 0.4) is 0 Å². The second-order valence-corrected chi connectivity index (χ2v) is 5.93.